The van der Waals surface area contributed by atoms with Crippen LogP contribution < -0.4 is 25.3 Å². The van der Waals surface area contributed by atoms with Crippen LogP contribution in [0.4, 0.5) is 0 Å². The van der Waals surface area contributed by atoms with Crippen molar-refractivity contribution in [3.05, 3.63) is 17.7 Å². The van der Waals surface area contributed by atoms with Gasteiger partial charge in [-0.1, -0.05) is 0 Å². The molecule has 1 fully saturated rings. The zero-order chi connectivity index (χ0) is 15.2. The van der Waals surface area contributed by atoms with Crippen molar-refractivity contribution in [2.45, 2.75) is 44.3 Å². The van der Waals surface area contributed by atoms with Gasteiger partial charge in [-0.25, -0.2) is 0 Å². The first-order valence-electron chi connectivity index (χ1n) is 7.45. The first-order valence-corrected chi connectivity index (χ1v) is 7.45. The standard InChI is InChI=1S/C16H26N2O3/c1-19-13-8-15(20-2)14(16(9-13)21-3)10-18-12-6-4-11(17)5-7-12/h8-9,11-12,18H,4-7,10,17H2,1-3H3. The minimum Gasteiger partial charge on any atom is -0.496 e. The van der Waals surface area contributed by atoms with Crippen LogP contribution in [0.2, 0.25) is 0 Å². The molecule has 1 aromatic carbocycles. The van der Waals surface area contributed by atoms with Gasteiger partial charge in [0, 0.05) is 30.8 Å². The molecular weight excluding hydrogens is 268 g/mol. The zero-order valence-corrected chi connectivity index (χ0v) is 13.1. The number of methoxy groups -OCH3 is 3. The Kier molecular flexibility index (Phi) is 5.70. The Hall–Kier alpha value is -1.46. The number of hydrogen-bond acceptors (Lipinski definition) is 5. The van der Waals surface area contributed by atoms with Crippen molar-refractivity contribution in [1.29, 1.82) is 0 Å². The fourth-order valence-electron chi connectivity index (χ4n) is 2.82. The molecule has 21 heavy (non-hydrogen) atoms. The van der Waals surface area contributed by atoms with Crippen LogP contribution in [0.1, 0.15) is 31.2 Å². The molecule has 1 aliphatic rings. The molecular formula is C16H26N2O3. The third kappa shape index (κ3) is 4.02. The van der Waals surface area contributed by atoms with Gasteiger partial charge in [0.2, 0.25) is 0 Å². The molecule has 1 saturated carbocycles. The summed E-state index contributed by atoms with van der Waals surface area (Å²) in [4.78, 5) is 0. The van der Waals surface area contributed by atoms with Gasteiger partial charge in [0.05, 0.1) is 26.9 Å². The van der Waals surface area contributed by atoms with Crippen LogP contribution in [0.25, 0.3) is 0 Å². The van der Waals surface area contributed by atoms with E-state index in [0.717, 1.165) is 55.0 Å². The lowest BCUT2D eigenvalue weighted by atomic mass is 9.91. The van der Waals surface area contributed by atoms with E-state index in [1.165, 1.54) is 0 Å². The molecule has 5 heteroatoms. The highest BCUT2D eigenvalue weighted by molar-refractivity contribution is 5.50. The van der Waals surface area contributed by atoms with Crippen molar-refractivity contribution in [2.24, 2.45) is 5.73 Å². The van der Waals surface area contributed by atoms with E-state index < -0.39 is 0 Å². The maximum Gasteiger partial charge on any atom is 0.130 e. The Morgan fingerprint density at radius 1 is 1.00 bits per heavy atom. The van der Waals surface area contributed by atoms with E-state index in [2.05, 4.69) is 5.32 Å². The molecule has 0 radical (unpaired) electrons. The maximum absolute atomic E-state index is 5.95. The molecule has 1 aliphatic carbocycles. The SMILES string of the molecule is COc1cc(OC)c(CNC2CCC(N)CC2)c(OC)c1. The van der Waals surface area contributed by atoms with Gasteiger partial charge >= 0.3 is 0 Å². The Bertz CT molecular complexity index is 432. The summed E-state index contributed by atoms with van der Waals surface area (Å²) in [5, 5.41) is 3.59. The molecule has 118 valence electrons. The monoisotopic (exact) mass is 294 g/mol. The number of hydrogen-bond donors (Lipinski definition) is 2. The van der Waals surface area contributed by atoms with Crippen LogP contribution in [-0.2, 0) is 6.54 Å². The summed E-state index contributed by atoms with van der Waals surface area (Å²) in [7, 11) is 4.96. The summed E-state index contributed by atoms with van der Waals surface area (Å²) < 4.78 is 16.2. The van der Waals surface area contributed by atoms with E-state index >= 15 is 0 Å². The Balaban J connectivity index is 2.07. The minimum atomic E-state index is 0.369. The fourth-order valence-corrected chi connectivity index (χ4v) is 2.82. The van der Waals surface area contributed by atoms with Crippen molar-refractivity contribution in [2.75, 3.05) is 21.3 Å². The maximum atomic E-state index is 5.95. The van der Waals surface area contributed by atoms with Gasteiger partial charge in [-0.3, -0.25) is 0 Å². The second-order valence-electron chi connectivity index (χ2n) is 5.50. The zero-order valence-electron chi connectivity index (χ0n) is 13.1. The van der Waals surface area contributed by atoms with Crippen LogP contribution in [-0.4, -0.2) is 33.4 Å². The summed E-state index contributed by atoms with van der Waals surface area (Å²) in [6.07, 6.45) is 4.44. The lowest BCUT2D eigenvalue weighted by Crippen LogP contribution is -2.37. The first kappa shape index (κ1) is 15.9. The van der Waals surface area contributed by atoms with E-state index in [1.54, 1.807) is 21.3 Å². The van der Waals surface area contributed by atoms with Crippen molar-refractivity contribution in [1.82, 2.24) is 5.32 Å². The third-order valence-electron chi connectivity index (χ3n) is 4.16. The summed E-state index contributed by atoms with van der Waals surface area (Å²) >= 11 is 0. The van der Waals surface area contributed by atoms with Gasteiger partial charge in [-0.2, -0.15) is 0 Å². The van der Waals surface area contributed by atoms with Gasteiger partial charge in [0.25, 0.3) is 0 Å². The van der Waals surface area contributed by atoms with Crippen molar-refractivity contribution < 1.29 is 14.2 Å². The van der Waals surface area contributed by atoms with E-state index in [4.69, 9.17) is 19.9 Å². The molecule has 0 saturated heterocycles. The summed E-state index contributed by atoms with van der Waals surface area (Å²) in [5.74, 6) is 2.30. The van der Waals surface area contributed by atoms with Gasteiger partial charge in [-0.15, -0.1) is 0 Å². The molecule has 0 bridgehead atoms. The smallest absolute Gasteiger partial charge is 0.130 e. The second-order valence-corrected chi connectivity index (χ2v) is 5.50. The predicted molar refractivity (Wildman–Crippen MR) is 83.2 cm³/mol. The number of nitrogens with one attached hydrogen (secondary N) is 1. The van der Waals surface area contributed by atoms with E-state index in [1.807, 2.05) is 12.1 Å². The van der Waals surface area contributed by atoms with Gasteiger partial charge < -0.3 is 25.3 Å². The Labute approximate surface area is 126 Å². The van der Waals surface area contributed by atoms with Gasteiger partial charge in [-0.05, 0) is 25.7 Å². The molecule has 0 atom stereocenters. The van der Waals surface area contributed by atoms with Crippen LogP contribution in [0.5, 0.6) is 17.2 Å². The Morgan fingerprint density at radius 2 is 1.57 bits per heavy atom. The molecule has 3 N–H and O–H groups in total. The largest absolute Gasteiger partial charge is 0.496 e. The van der Waals surface area contributed by atoms with Crippen molar-refractivity contribution in [3.8, 4) is 17.2 Å². The van der Waals surface area contributed by atoms with Crippen LogP contribution in [0.15, 0.2) is 12.1 Å². The van der Waals surface area contributed by atoms with E-state index in [0.29, 0.717) is 12.1 Å². The molecule has 0 aromatic heterocycles. The third-order valence-corrected chi connectivity index (χ3v) is 4.16. The average molecular weight is 294 g/mol. The second kappa shape index (κ2) is 7.52. The molecule has 0 heterocycles. The van der Waals surface area contributed by atoms with Crippen LogP contribution in [0, 0.1) is 0 Å². The normalized spacial score (nSPS) is 21.9. The fraction of sp³-hybridized carbons (Fsp3) is 0.625. The number of rotatable bonds is 6. The molecule has 1 aromatic rings. The summed E-state index contributed by atoms with van der Waals surface area (Å²) in [5.41, 5.74) is 6.97. The van der Waals surface area contributed by atoms with Gasteiger partial charge in [0.1, 0.15) is 17.2 Å². The van der Waals surface area contributed by atoms with Gasteiger partial charge in [0.15, 0.2) is 0 Å². The lowest BCUT2D eigenvalue weighted by molar-refractivity contribution is 0.331. The molecule has 0 aliphatic heterocycles. The van der Waals surface area contributed by atoms with Crippen molar-refractivity contribution >= 4 is 0 Å². The highest BCUT2D eigenvalue weighted by atomic mass is 16.5. The molecule has 5 nitrogen and oxygen atoms in total. The van der Waals surface area contributed by atoms with Crippen LogP contribution >= 0.6 is 0 Å². The highest BCUT2D eigenvalue weighted by Crippen LogP contribution is 2.34. The Morgan fingerprint density at radius 3 is 2.05 bits per heavy atom. The van der Waals surface area contributed by atoms with Crippen molar-refractivity contribution in [3.63, 3.8) is 0 Å². The molecule has 0 unspecified atom stereocenters. The summed E-state index contributed by atoms with van der Waals surface area (Å²) in [6, 6.07) is 4.65. The number of nitrogens with two attached hydrogens (primary N) is 1. The molecule has 0 spiro atoms. The predicted octanol–water partition coefficient (Wildman–Crippen LogP) is 2.07. The quantitative estimate of drug-likeness (QED) is 0.841. The lowest BCUT2D eigenvalue weighted by Gasteiger charge is -2.27. The van der Waals surface area contributed by atoms with Crippen LogP contribution in [0.3, 0.4) is 0 Å². The minimum absolute atomic E-state index is 0.369. The average Bonchev–Trinajstić information content (AvgIpc) is 2.53. The van der Waals surface area contributed by atoms with E-state index in [-0.39, 0.29) is 0 Å². The topological polar surface area (TPSA) is 65.7 Å². The first-order chi connectivity index (χ1) is 10.2. The molecule has 2 rings (SSSR count). The number of ether oxygens (including phenoxy) is 3. The molecule has 0 amide bonds. The number of benzene rings is 1. The highest BCUT2D eigenvalue weighted by Gasteiger charge is 2.20. The summed E-state index contributed by atoms with van der Waals surface area (Å²) in [6.45, 7) is 0.718. The van der Waals surface area contributed by atoms with E-state index in [9.17, 15) is 0 Å².